The monoisotopic (exact) mass is 238 g/mol. The van der Waals surface area contributed by atoms with Gasteiger partial charge in [-0.25, -0.2) is 13.8 Å². The third-order valence-corrected chi connectivity index (χ3v) is 1.97. The van der Waals surface area contributed by atoms with Gasteiger partial charge < -0.3 is 9.84 Å². The summed E-state index contributed by atoms with van der Waals surface area (Å²) in [6.45, 7) is -0.263. The SMILES string of the molecule is OCc1cnc(Oc2c(F)cccc2F)cn1. The molecule has 0 amide bonds. The molecule has 1 aromatic heterocycles. The molecule has 0 fully saturated rings. The quantitative estimate of drug-likeness (QED) is 0.889. The zero-order valence-electron chi connectivity index (χ0n) is 8.60. The Balaban J connectivity index is 2.25. The molecular weight excluding hydrogens is 230 g/mol. The van der Waals surface area contributed by atoms with E-state index in [4.69, 9.17) is 9.84 Å². The van der Waals surface area contributed by atoms with Gasteiger partial charge in [-0.3, -0.25) is 4.98 Å². The minimum absolute atomic E-state index is 0.0498. The molecule has 0 spiro atoms. The van der Waals surface area contributed by atoms with Gasteiger partial charge in [0.2, 0.25) is 11.6 Å². The van der Waals surface area contributed by atoms with Crippen molar-refractivity contribution in [1.82, 2.24) is 9.97 Å². The molecule has 0 radical (unpaired) electrons. The minimum atomic E-state index is -0.821. The maximum atomic E-state index is 13.2. The molecule has 0 saturated heterocycles. The van der Waals surface area contributed by atoms with Crippen LogP contribution >= 0.6 is 0 Å². The van der Waals surface area contributed by atoms with Crippen LogP contribution in [0.3, 0.4) is 0 Å². The van der Waals surface area contributed by atoms with E-state index in [1.165, 1.54) is 18.5 Å². The Hall–Kier alpha value is -2.08. The molecule has 6 heteroatoms. The molecule has 4 nitrogen and oxygen atoms in total. The molecule has 2 aromatic rings. The number of para-hydroxylation sites is 1. The fraction of sp³-hybridized carbons (Fsp3) is 0.0909. The first-order valence-corrected chi connectivity index (χ1v) is 4.74. The van der Waals surface area contributed by atoms with Crippen molar-refractivity contribution in [1.29, 1.82) is 0 Å². The molecule has 2 rings (SSSR count). The standard InChI is InChI=1S/C11H8F2N2O2/c12-8-2-1-3-9(13)11(8)17-10-5-14-7(6-16)4-15-10/h1-5,16H,6H2. The smallest absolute Gasteiger partial charge is 0.238 e. The van der Waals surface area contributed by atoms with Gasteiger partial charge in [-0.15, -0.1) is 0 Å². The largest absolute Gasteiger partial charge is 0.431 e. The molecule has 0 saturated carbocycles. The number of aromatic nitrogens is 2. The van der Waals surface area contributed by atoms with Crippen LogP contribution in [0.25, 0.3) is 0 Å². The van der Waals surface area contributed by atoms with E-state index in [0.29, 0.717) is 5.69 Å². The van der Waals surface area contributed by atoms with E-state index >= 15 is 0 Å². The van der Waals surface area contributed by atoms with Crippen molar-refractivity contribution in [2.75, 3.05) is 0 Å². The Kier molecular flexibility index (Phi) is 3.24. The topological polar surface area (TPSA) is 55.2 Å². The van der Waals surface area contributed by atoms with E-state index in [0.717, 1.165) is 12.1 Å². The molecule has 0 unspecified atom stereocenters. The summed E-state index contributed by atoms with van der Waals surface area (Å²) in [5.41, 5.74) is 0.339. The van der Waals surface area contributed by atoms with Crippen LogP contribution < -0.4 is 4.74 Å². The predicted octanol–water partition coefficient (Wildman–Crippen LogP) is 2.04. The van der Waals surface area contributed by atoms with Crippen LogP contribution in [-0.4, -0.2) is 15.1 Å². The average Bonchev–Trinajstić information content (AvgIpc) is 2.35. The first-order valence-electron chi connectivity index (χ1n) is 4.74. The van der Waals surface area contributed by atoms with Gasteiger partial charge in [-0.1, -0.05) is 6.07 Å². The third-order valence-electron chi connectivity index (χ3n) is 1.97. The minimum Gasteiger partial charge on any atom is -0.431 e. The molecule has 0 atom stereocenters. The normalized spacial score (nSPS) is 10.3. The predicted molar refractivity (Wildman–Crippen MR) is 54.4 cm³/mol. The first kappa shape index (κ1) is 11.4. The number of hydrogen-bond donors (Lipinski definition) is 1. The van der Waals surface area contributed by atoms with Crippen LogP contribution in [0.1, 0.15) is 5.69 Å². The number of benzene rings is 1. The van der Waals surface area contributed by atoms with Gasteiger partial charge in [0.1, 0.15) is 0 Å². The molecule has 88 valence electrons. The van der Waals surface area contributed by atoms with Gasteiger partial charge in [0, 0.05) is 0 Å². The van der Waals surface area contributed by atoms with Crippen molar-refractivity contribution in [3.05, 3.63) is 47.9 Å². The Morgan fingerprint density at radius 3 is 2.35 bits per heavy atom. The lowest BCUT2D eigenvalue weighted by atomic mass is 10.3. The summed E-state index contributed by atoms with van der Waals surface area (Å²) in [6, 6.07) is 3.39. The number of aliphatic hydroxyl groups is 1. The molecule has 1 N–H and O–H groups in total. The molecule has 0 aliphatic rings. The Morgan fingerprint density at radius 2 is 1.82 bits per heavy atom. The van der Waals surface area contributed by atoms with Crippen molar-refractivity contribution < 1.29 is 18.6 Å². The van der Waals surface area contributed by atoms with E-state index in [2.05, 4.69) is 9.97 Å². The highest BCUT2D eigenvalue weighted by Crippen LogP contribution is 2.25. The van der Waals surface area contributed by atoms with E-state index in [-0.39, 0.29) is 12.5 Å². The lowest BCUT2D eigenvalue weighted by Gasteiger charge is -2.06. The highest BCUT2D eigenvalue weighted by Gasteiger charge is 2.11. The maximum absolute atomic E-state index is 13.2. The summed E-state index contributed by atoms with van der Waals surface area (Å²) in [5.74, 6) is -2.22. The van der Waals surface area contributed by atoms with Gasteiger partial charge >= 0.3 is 0 Å². The number of halogens is 2. The number of aliphatic hydroxyl groups excluding tert-OH is 1. The van der Waals surface area contributed by atoms with Crippen LogP contribution in [-0.2, 0) is 6.61 Å². The van der Waals surface area contributed by atoms with Crippen molar-refractivity contribution in [3.8, 4) is 11.6 Å². The van der Waals surface area contributed by atoms with Gasteiger partial charge in [0.25, 0.3) is 0 Å². The van der Waals surface area contributed by atoms with Gasteiger partial charge in [0.15, 0.2) is 11.6 Å². The Morgan fingerprint density at radius 1 is 1.12 bits per heavy atom. The van der Waals surface area contributed by atoms with Crippen LogP contribution in [0.15, 0.2) is 30.6 Å². The van der Waals surface area contributed by atoms with Crippen LogP contribution in [0, 0.1) is 11.6 Å². The molecule has 1 heterocycles. The third kappa shape index (κ3) is 2.54. The number of hydrogen-bond acceptors (Lipinski definition) is 4. The Bertz CT molecular complexity index is 497. The van der Waals surface area contributed by atoms with Gasteiger partial charge in [-0.2, -0.15) is 0 Å². The molecule has 0 aliphatic heterocycles. The summed E-state index contributed by atoms with van der Waals surface area (Å²) in [5, 5.41) is 8.74. The average molecular weight is 238 g/mol. The summed E-state index contributed by atoms with van der Waals surface area (Å²) in [4.78, 5) is 7.52. The number of rotatable bonds is 3. The molecular formula is C11H8F2N2O2. The van der Waals surface area contributed by atoms with E-state index < -0.39 is 17.4 Å². The first-order chi connectivity index (χ1) is 8.20. The number of ether oxygens (including phenoxy) is 1. The lowest BCUT2D eigenvalue weighted by Crippen LogP contribution is -1.96. The van der Waals surface area contributed by atoms with E-state index in [1.54, 1.807) is 0 Å². The molecule has 17 heavy (non-hydrogen) atoms. The lowest BCUT2D eigenvalue weighted by molar-refractivity contribution is 0.275. The zero-order chi connectivity index (χ0) is 12.3. The second-order valence-corrected chi connectivity index (χ2v) is 3.16. The molecule has 0 bridgehead atoms. The highest BCUT2D eigenvalue weighted by atomic mass is 19.1. The molecule has 0 aliphatic carbocycles. The maximum Gasteiger partial charge on any atom is 0.238 e. The summed E-state index contributed by atoms with van der Waals surface area (Å²) >= 11 is 0. The van der Waals surface area contributed by atoms with Crippen LogP contribution in [0.4, 0.5) is 8.78 Å². The fourth-order valence-corrected chi connectivity index (χ4v) is 1.16. The second kappa shape index (κ2) is 4.84. The van der Waals surface area contributed by atoms with Crippen molar-refractivity contribution in [2.24, 2.45) is 0 Å². The molecule has 1 aromatic carbocycles. The summed E-state index contributed by atoms with van der Waals surface area (Å²) in [7, 11) is 0. The van der Waals surface area contributed by atoms with E-state index in [1.807, 2.05) is 0 Å². The van der Waals surface area contributed by atoms with Crippen LogP contribution in [0.2, 0.25) is 0 Å². The van der Waals surface area contributed by atoms with Crippen LogP contribution in [0.5, 0.6) is 11.6 Å². The number of nitrogens with zero attached hydrogens (tertiary/aromatic N) is 2. The van der Waals surface area contributed by atoms with Crippen molar-refractivity contribution in [3.63, 3.8) is 0 Å². The highest BCUT2D eigenvalue weighted by molar-refractivity contribution is 5.29. The van der Waals surface area contributed by atoms with Gasteiger partial charge in [0.05, 0.1) is 24.7 Å². The van der Waals surface area contributed by atoms with Crippen molar-refractivity contribution in [2.45, 2.75) is 6.61 Å². The fourth-order valence-electron chi connectivity index (χ4n) is 1.16. The van der Waals surface area contributed by atoms with E-state index in [9.17, 15) is 8.78 Å². The summed E-state index contributed by atoms with van der Waals surface area (Å²) < 4.78 is 31.4. The van der Waals surface area contributed by atoms with Gasteiger partial charge in [-0.05, 0) is 12.1 Å². The summed E-state index contributed by atoms with van der Waals surface area (Å²) in [6.07, 6.45) is 2.44. The van der Waals surface area contributed by atoms with Crippen molar-refractivity contribution >= 4 is 0 Å². The second-order valence-electron chi connectivity index (χ2n) is 3.16. The Labute approximate surface area is 95.5 Å². The zero-order valence-corrected chi connectivity index (χ0v) is 8.60.